The van der Waals surface area contributed by atoms with Crippen LogP contribution in [0, 0.1) is 0 Å². The SMILES string of the molecule is CCCCCCCCCCCCCCCCCCSCCC[C]=O. The molecule has 0 aliphatic rings. The second-order valence-corrected chi connectivity index (χ2v) is 8.39. The van der Waals surface area contributed by atoms with Gasteiger partial charge in [0.2, 0.25) is 0 Å². The van der Waals surface area contributed by atoms with Gasteiger partial charge in [-0.1, -0.05) is 103 Å². The highest BCUT2D eigenvalue weighted by Gasteiger charge is 1.95. The fourth-order valence-electron chi connectivity index (χ4n) is 3.10. The minimum Gasteiger partial charge on any atom is -0.291 e. The molecule has 0 bridgehead atoms. The van der Waals surface area contributed by atoms with Crippen LogP contribution in [0.2, 0.25) is 0 Å². The number of carbonyl (C=O) groups excluding carboxylic acids is 1. The van der Waals surface area contributed by atoms with E-state index in [1.165, 1.54) is 108 Å². The number of unbranched alkanes of at least 4 members (excludes halogenated alkanes) is 16. The van der Waals surface area contributed by atoms with Gasteiger partial charge in [-0.05, 0) is 24.3 Å². The number of rotatable bonds is 21. The first-order valence-corrected chi connectivity index (χ1v) is 12.0. The van der Waals surface area contributed by atoms with Gasteiger partial charge in [0.25, 0.3) is 0 Å². The summed E-state index contributed by atoms with van der Waals surface area (Å²) in [6.07, 6.45) is 26.6. The van der Waals surface area contributed by atoms with Crippen LogP contribution in [0.15, 0.2) is 0 Å². The van der Waals surface area contributed by atoms with Gasteiger partial charge in [0, 0.05) is 6.42 Å². The number of hydrogen-bond acceptors (Lipinski definition) is 2. The fourth-order valence-corrected chi connectivity index (χ4v) is 4.06. The maximum Gasteiger partial charge on any atom is 0.198 e. The fraction of sp³-hybridized carbons (Fsp3) is 0.955. The lowest BCUT2D eigenvalue weighted by Gasteiger charge is -2.03. The van der Waals surface area contributed by atoms with E-state index in [1.54, 1.807) is 0 Å². The smallest absolute Gasteiger partial charge is 0.198 e. The molecule has 0 amide bonds. The van der Waals surface area contributed by atoms with Crippen molar-refractivity contribution in [2.24, 2.45) is 0 Å². The highest BCUT2D eigenvalue weighted by atomic mass is 32.2. The van der Waals surface area contributed by atoms with Crippen molar-refractivity contribution < 1.29 is 4.79 Å². The van der Waals surface area contributed by atoms with Crippen molar-refractivity contribution in [2.75, 3.05) is 11.5 Å². The molecule has 0 rings (SSSR count). The average Bonchev–Trinajstić information content (AvgIpc) is 2.60. The van der Waals surface area contributed by atoms with Gasteiger partial charge in [-0.25, -0.2) is 0 Å². The summed E-state index contributed by atoms with van der Waals surface area (Å²) >= 11 is 2.00. The predicted molar refractivity (Wildman–Crippen MR) is 112 cm³/mol. The Balaban J connectivity index is 2.94. The zero-order valence-electron chi connectivity index (χ0n) is 16.5. The van der Waals surface area contributed by atoms with Gasteiger partial charge in [0.05, 0.1) is 0 Å². The quantitative estimate of drug-likeness (QED) is 0.195. The largest absolute Gasteiger partial charge is 0.291 e. The molecule has 143 valence electrons. The Kier molecular flexibility index (Phi) is 23.0. The molecule has 0 heterocycles. The molecule has 0 aliphatic heterocycles. The normalized spacial score (nSPS) is 11.0. The molecule has 2 heteroatoms. The third-order valence-corrected chi connectivity index (χ3v) is 5.86. The van der Waals surface area contributed by atoms with E-state index in [2.05, 4.69) is 6.92 Å². The molecule has 0 saturated carbocycles. The number of hydrogen-bond donors (Lipinski definition) is 0. The summed E-state index contributed by atoms with van der Waals surface area (Å²) in [5.41, 5.74) is 0. The van der Waals surface area contributed by atoms with Crippen molar-refractivity contribution >= 4 is 18.0 Å². The minimum atomic E-state index is 0.617. The molecule has 24 heavy (non-hydrogen) atoms. The molecule has 0 unspecified atom stereocenters. The lowest BCUT2D eigenvalue weighted by atomic mass is 10.0. The Labute approximate surface area is 157 Å². The van der Waals surface area contributed by atoms with E-state index in [0.717, 1.165) is 12.2 Å². The first kappa shape index (κ1) is 24.0. The van der Waals surface area contributed by atoms with Crippen LogP contribution in [0.1, 0.15) is 122 Å². The number of thioether (sulfide) groups is 1. The van der Waals surface area contributed by atoms with Gasteiger partial charge >= 0.3 is 0 Å². The van der Waals surface area contributed by atoms with Crippen LogP contribution in [-0.2, 0) is 4.79 Å². The van der Waals surface area contributed by atoms with E-state index in [1.807, 2.05) is 18.0 Å². The minimum absolute atomic E-state index is 0.617. The summed E-state index contributed by atoms with van der Waals surface area (Å²) in [6, 6.07) is 0. The van der Waals surface area contributed by atoms with Gasteiger partial charge in [-0.2, -0.15) is 11.8 Å². The average molecular weight is 356 g/mol. The Morgan fingerprint density at radius 2 is 0.917 bits per heavy atom. The van der Waals surface area contributed by atoms with Crippen molar-refractivity contribution in [3.63, 3.8) is 0 Å². The van der Waals surface area contributed by atoms with Crippen molar-refractivity contribution in [3.8, 4) is 0 Å². The van der Waals surface area contributed by atoms with E-state index >= 15 is 0 Å². The second kappa shape index (κ2) is 23.0. The maximum absolute atomic E-state index is 10.1. The lowest BCUT2D eigenvalue weighted by molar-refractivity contribution is 0.531. The summed E-state index contributed by atoms with van der Waals surface area (Å²) in [4.78, 5) is 10.1. The van der Waals surface area contributed by atoms with E-state index in [9.17, 15) is 4.79 Å². The highest BCUT2D eigenvalue weighted by molar-refractivity contribution is 7.99. The lowest BCUT2D eigenvalue weighted by Crippen LogP contribution is -1.86. The Hall–Kier alpha value is 0.0200. The summed E-state index contributed by atoms with van der Waals surface area (Å²) in [7, 11) is 0. The van der Waals surface area contributed by atoms with Crippen LogP contribution < -0.4 is 0 Å². The highest BCUT2D eigenvalue weighted by Crippen LogP contribution is 2.14. The molecule has 0 atom stereocenters. The zero-order valence-corrected chi connectivity index (χ0v) is 17.3. The first-order valence-electron chi connectivity index (χ1n) is 10.8. The summed E-state index contributed by atoms with van der Waals surface area (Å²) in [6.45, 7) is 2.29. The van der Waals surface area contributed by atoms with E-state index < -0.39 is 0 Å². The van der Waals surface area contributed by atoms with Crippen LogP contribution in [-0.4, -0.2) is 17.8 Å². The van der Waals surface area contributed by atoms with Crippen LogP contribution in [0.25, 0.3) is 0 Å². The Morgan fingerprint density at radius 3 is 1.33 bits per heavy atom. The molecule has 1 radical (unpaired) electrons. The molecule has 0 N–H and O–H groups in total. The zero-order chi connectivity index (χ0) is 17.6. The Morgan fingerprint density at radius 1 is 0.542 bits per heavy atom. The summed E-state index contributed by atoms with van der Waals surface area (Å²) < 4.78 is 0. The van der Waals surface area contributed by atoms with E-state index in [0.29, 0.717) is 6.42 Å². The van der Waals surface area contributed by atoms with E-state index in [-0.39, 0.29) is 0 Å². The molecule has 0 spiro atoms. The van der Waals surface area contributed by atoms with Crippen LogP contribution in [0.4, 0.5) is 0 Å². The third kappa shape index (κ3) is 22.0. The predicted octanol–water partition coefficient (Wildman–Crippen LogP) is 7.87. The molecular formula is C22H43OS. The van der Waals surface area contributed by atoms with Gasteiger partial charge < -0.3 is 0 Å². The van der Waals surface area contributed by atoms with Crippen molar-refractivity contribution in [3.05, 3.63) is 0 Å². The molecule has 0 aromatic heterocycles. The van der Waals surface area contributed by atoms with Crippen LogP contribution >= 0.6 is 11.8 Å². The van der Waals surface area contributed by atoms with Crippen molar-refractivity contribution in [1.29, 1.82) is 0 Å². The maximum atomic E-state index is 10.1. The molecule has 0 aromatic rings. The molecule has 0 aliphatic carbocycles. The van der Waals surface area contributed by atoms with Gasteiger partial charge in [-0.3, -0.25) is 4.79 Å². The standard InChI is InChI=1S/C22H43OS/c1-2-3-4-5-6-7-8-9-10-11-12-13-14-15-16-18-21-24-22-19-17-20-23/h2-19,21-22H2,1H3. The van der Waals surface area contributed by atoms with Crippen molar-refractivity contribution in [2.45, 2.75) is 122 Å². The monoisotopic (exact) mass is 355 g/mol. The van der Waals surface area contributed by atoms with Crippen molar-refractivity contribution in [1.82, 2.24) is 0 Å². The molecule has 0 fully saturated rings. The summed E-state index contributed by atoms with van der Waals surface area (Å²) in [5, 5.41) is 0. The van der Waals surface area contributed by atoms with Gasteiger partial charge in [0.15, 0.2) is 6.29 Å². The van der Waals surface area contributed by atoms with E-state index in [4.69, 9.17) is 0 Å². The Bertz CT molecular complexity index is 230. The first-order chi connectivity index (χ1) is 11.9. The second-order valence-electron chi connectivity index (χ2n) is 7.16. The van der Waals surface area contributed by atoms with Gasteiger partial charge in [0.1, 0.15) is 0 Å². The molecular weight excluding hydrogens is 312 g/mol. The van der Waals surface area contributed by atoms with Crippen LogP contribution in [0.3, 0.4) is 0 Å². The molecule has 0 aromatic carbocycles. The third-order valence-electron chi connectivity index (χ3n) is 4.71. The molecule has 0 saturated heterocycles. The molecule has 1 nitrogen and oxygen atoms in total. The topological polar surface area (TPSA) is 17.1 Å². The summed E-state index contributed by atoms with van der Waals surface area (Å²) in [5.74, 6) is 2.41. The van der Waals surface area contributed by atoms with Crippen LogP contribution in [0.5, 0.6) is 0 Å². The van der Waals surface area contributed by atoms with Gasteiger partial charge in [-0.15, -0.1) is 0 Å².